The highest BCUT2D eigenvalue weighted by molar-refractivity contribution is 9.11. The summed E-state index contributed by atoms with van der Waals surface area (Å²) in [6.07, 6.45) is 0. The maximum absolute atomic E-state index is 5.65. The van der Waals surface area contributed by atoms with Gasteiger partial charge >= 0.3 is 0 Å². The van der Waals surface area contributed by atoms with Crippen LogP contribution in [-0.2, 0) is 0 Å². The fourth-order valence-electron chi connectivity index (χ4n) is 1.64. The van der Waals surface area contributed by atoms with E-state index in [1.807, 2.05) is 42.5 Å². The number of hydrogen-bond acceptors (Lipinski definition) is 3. The van der Waals surface area contributed by atoms with Crippen LogP contribution in [-0.4, -0.2) is 18.2 Å². The minimum absolute atomic E-state index is 0.357. The number of nitrogens with two attached hydrogens (primary N) is 1. The van der Waals surface area contributed by atoms with Crippen LogP contribution in [0.1, 0.15) is 5.56 Å². The van der Waals surface area contributed by atoms with Gasteiger partial charge in [0.15, 0.2) is 0 Å². The molecule has 21 heavy (non-hydrogen) atoms. The van der Waals surface area contributed by atoms with Crippen LogP contribution in [0.25, 0.3) is 0 Å². The van der Waals surface area contributed by atoms with Crippen LogP contribution >= 0.6 is 44.1 Å². The van der Waals surface area contributed by atoms with Crippen molar-refractivity contribution in [1.29, 1.82) is 0 Å². The largest absolute Gasteiger partial charge is 0.490 e. The minimum atomic E-state index is 0.357. The highest BCUT2D eigenvalue weighted by atomic mass is 79.9. The molecule has 0 saturated carbocycles. The molecule has 0 saturated heterocycles. The van der Waals surface area contributed by atoms with Gasteiger partial charge in [0.2, 0.25) is 0 Å². The Morgan fingerprint density at radius 2 is 1.81 bits per heavy atom. The van der Waals surface area contributed by atoms with Gasteiger partial charge in [-0.15, -0.1) is 0 Å². The van der Waals surface area contributed by atoms with Crippen molar-refractivity contribution in [2.24, 2.45) is 5.73 Å². The van der Waals surface area contributed by atoms with Crippen LogP contribution in [0.3, 0.4) is 0 Å². The molecule has 2 aromatic carbocycles. The maximum atomic E-state index is 5.65. The number of thiocarbonyl (C=S) groups is 1. The molecule has 2 N–H and O–H groups in total. The van der Waals surface area contributed by atoms with E-state index in [-0.39, 0.29) is 0 Å². The summed E-state index contributed by atoms with van der Waals surface area (Å²) in [4.78, 5) is 0.357. The topological polar surface area (TPSA) is 44.5 Å². The zero-order chi connectivity index (χ0) is 15.2. The molecule has 0 spiro atoms. The Labute approximate surface area is 145 Å². The van der Waals surface area contributed by atoms with Crippen molar-refractivity contribution in [3.63, 3.8) is 0 Å². The Balaban J connectivity index is 1.84. The normalized spacial score (nSPS) is 10.2. The second kappa shape index (κ2) is 7.77. The lowest BCUT2D eigenvalue weighted by Gasteiger charge is -2.10. The zero-order valence-corrected chi connectivity index (χ0v) is 15.0. The molecule has 110 valence electrons. The van der Waals surface area contributed by atoms with E-state index in [1.165, 1.54) is 0 Å². The molecule has 0 aliphatic carbocycles. The monoisotopic (exact) mass is 429 g/mol. The maximum Gasteiger partial charge on any atom is 0.133 e. The first kappa shape index (κ1) is 16.3. The highest BCUT2D eigenvalue weighted by Crippen LogP contribution is 2.28. The fourth-order valence-corrected chi connectivity index (χ4v) is 2.93. The predicted octanol–water partition coefficient (Wildman–Crippen LogP) is 4.30. The smallest absolute Gasteiger partial charge is 0.133 e. The van der Waals surface area contributed by atoms with E-state index >= 15 is 0 Å². The lowest BCUT2D eigenvalue weighted by Crippen LogP contribution is -2.11. The quantitative estimate of drug-likeness (QED) is 0.548. The molecule has 3 nitrogen and oxygen atoms in total. The molecule has 0 aromatic heterocycles. The van der Waals surface area contributed by atoms with Crippen LogP contribution in [0.15, 0.2) is 51.4 Å². The summed E-state index contributed by atoms with van der Waals surface area (Å²) < 4.78 is 13.2. The first-order valence-electron chi connectivity index (χ1n) is 6.17. The van der Waals surface area contributed by atoms with Gasteiger partial charge in [-0.05, 0) is 46.3 Å². The van der Waals surface area contributed by atoms with E-state index in [9.17, 15) is 0 Å². The zero-order valence-electron chi connectivity index (χ0n) is 11.0. The molecule has 6 heteroatoms. The molecule has 0 unspecified atom stereocenters. The van der Waals surface area contributed by atoms with Crippen molar-refractivity contribution < 1.29 is 9.47 Å². The summed E-state index contributed by atoms with van der Waals surface area (Å²) in [5, 5.41) is 0. The van der Waals surface area contributed by atoms with Crippen molar-refractivity contribution in [3.05, 3.63) is 57.0 Å². The summed E-state index contributed by atoms with van der Waals surface area (Å²) in [7, 11) is 0. The summed E-state index contributed by atoms with van der Waals surface area (Å²) in [5.41, 5.74) is 6.38. The van der Waals surface area contributed by atoms with Crippen LogP contribution in [0.5, 0.6) is 11.5 Å². The molecular formula is C15H13Br2NO2S. The Kier molecular flexibility index (Phi) is 6.02. The predicted molar refractivity (Wildman–Crippen MR) is 95.2 cm³/mol. The Morgan fingerprint density at radius 3 is 2.52 bits per heavy atom. The lowest BCUT2D eigenvalue weighted by atomic mass is 10.2. The van der Waals surface area contributed by atoms with Crippen LogP contribution in [0.2, 0.25) is 0 Å². The van der Waals surface area contributed by atoms with Crippen molar-refractivity contribution in [2.75, 3.05) is 13.2 Å². The van der Waals surface area contributed by atoms with Crippen molar-refractivity contribution in [1.82, 2.24) is 0 Å². The van der Waals surface area contributed by atoms with E-state index < -0.39 is 0 Å². The lowest BCUT2D eigenvalue weighted by molar-refractivity contribution is 0.216. The van der Waals surface area contributed by atoms with Crippen LogP contribution in [0, 0.1) is 0 Å². The second-order valence-corrected chi connectivity index (χ2v) is 6.37. The third-order valence-corrected chi connectivity index (χ3v) is 3.97. The molecule has 2 aromatic rings. The van der Waals surface area contributed by atoms with Crippen LogP contribution < -0.4 is 15.2 Å². The fraction of sp³-hybridized carbons (Fsp3) is 0.133. The minimum Gasteiger partial charge on any atom is -0.490 e. The number of rotatable bonds is 6. The molecule has 0 fully saturated rings. The molecule has 0 atom stereocenters. The third-order valence-electron chi connectivity index (χ3n) is 2.62. The molecular weight excluding hydrogens is 418 g/mol. The summed E-state index contributed by atoms with van der Waals surface area (Å²) in [6.45, 7) is 0.876. The van der Waals surface area contributed by atoms with Crippen molar-refractivity contribution in [3.8, 4) is 11.5 Å². The van der Waals surface area contributed by atoms with Gasteiger partial charge in [0.25, 0.3) is 0 Å². The summed E-state index contributed by atoms with van der Waals surface area (Å²) in [5.74, 6) is 1.50. The first-order chi connectivity index (χ1) is 10.1. The van der Waals surface area contributed by atoms with Crippen LogP contribution in [0.4, 0.5) is 0 Å². The average Bonchev–Trinajstić information content (AvgIpc) is 2.45. The second-order valence-electron chi connectivity index (χ2n) is 4.16. The van der Waals surface area contributed by atoms with Gasteiger partial charge in [0.05, 0.1) is 4.47 Å². The van der Waals surface area contributed by atoms with E-state index in [1.54, 1.807) is 0 Å². The van der Waals surface area contributed by atoms with Gasteiger partial charge in [-0.2, -0.15) is 0 Å². The van der Waals surface area contributed by atoms with Gasteiger partial charge in [-0.3, -0.25) is 0 Å². The number of halogens is 2. The highest BCUT2D eigenvalue weighted by Gasteiger charge is 2.02. The van der Waals surface area contributed by atoms with E-state index in [0.717, 1.165) is 26.0 Å². The summed E-state index contributed by atoms with van der Waals surface area (Å²) in [6, 6.07) is 13.1. The summed E-state index contributed by atoms with van der Waals surface area (Å²) >= 11 is 11.8. The Morgan fingerprint density at radius 1 is 1.05 bits per heavy atom. The van der Waals surface area contributed by atoms with Crippen molar-refractivity contribution >= 4 is 49.1 Å². The number of hydrogen-bond donors (Lipinski definition) is 1. The van der Waals surface area contributed by atoms with Gasteiger partial charge in [0.1, 0.15) is 29.7 Å². The molecule has 2 rings (SSSR count). The SMILES string of the molecule is NC(=S)c1cccc(OCCOc2ccc(Br)cc2Br)c1. The number of benzene rings is 2. The Hall–Kier alpha value is -1.11. The molecule has 0 radical (unpaired) electrons. The molecule has 0 aliphatic heterocycles. The molecule has 0 amide bonds. The standard InChI is InChI=1S/C15H13Br2NO2S/c16-11-4-5-14(13(17)9-11)20-7-6-19-12-3-1-2-10(8-12)15(18)21/h1-5,8-9H,6-7H2,(H2,18,21). The molecule has 0 bridgehead atoms. The van der Waals surface area contributed by atoms with E-state index in [4.69, 9.17) is 27.4 Å². The van der Waals surface area contributed by atoms with Gasteiger partial charge in [0, 0.05) is 10.0 Å². The van der Waals surface area contributed by atoms with Gasteiger partial charge in [-0.1, -0.05) is 40.3 Å². The van der Waals surface area contributed by atoms with E-state index in [2.05, 4.69) is 31.9 Å². The average molecular weight is 431 g/mol. The van der Waals surface area contributed by atoms with Crippen molar-refractivity contribution in [2.45, 2.75) is 0 Å². The van der Waals surface area contributed by atoms with Gasteiger partial charge in [-0.25, -0.2) is 0 Å². The Bertz CT molecular complexity index is 649. The first-order valence-corrected chi connectivity index (χ1v) is 8.16. The molecule has 0 heterocycles. The van der Waals surface area contributed by atoms with E-state index in [0.29, 0.717) is 18.2 Å². The number of ether oxygens (including phenoxy) is 2. The third kappa shape index (κ3) is 4.98. The molecule has 0 aliphatic rings. The van der Waals surface area contributed by atoms with Gasteiger partial charge < -0.3 is 15.2 Å².